The summed E-state index contributed by atoms with van der Waals surface area (Å²) in [7, 11) is 0. The summed E-state index contributed by atoms with van der Waals surface area (Å²) in [5.41, 5.74) is 0. The average molecular weight is 186 g/mol. The molecule has 0 amide bonds. The predicted octanol–water partition coefficient (Wildman–Crippen LogP) is 1.35. The van der Waals surface area contributed by atoms with Crippen LogP contribution in [0.2, 0.25) is 0 Å². The molecule has 0 aromatic carbocycles. The highest BCUT2D eigenvalue weighted by atomic mass is 16.4. The molecule has 1 rings (SSSR count). The predicted molar refractivity (Wildman–Crippen MR) is 45.3 cm³/mol. The van der Waals surface area contributed by atoms with Crippen LogP contribution < -0.4 is 0 Å². The summed E-state index contributed by atoms with van der Waals surface area (Å²) < 4.78 is 0. The van der Waals surface area contributed by atoms with Crippen molar-refractivity contribution in [3.8, 4) is 0 Å². The first-order valence-corrected chi connectivity index (χ1v) is 4.56. The standard InChI is InChI=1S/C9H14O4/c10-8(11)5-6-3-1-2-4-7(6)9(12)13/h6-7H,1-5H2,(H,10,11)(H,12,13)/t6-,7-/m0/s1. The van der Waals surface area contributed by atoms with Gasteiger partial charge in [0.25, 0.3) is 0 Å². The number of carboxylic acid groups (broad SMARTS) is 2. The van der Waals surface area contributed by atoms with E-state index in [1.807, 2.05) is 0 Å². The van der Waals surface area contributed by atoms with E-state index in [1.165, 1.54) is 0 Å². The lowest BCUT2D eigenvalue weighted by atomic mass is 9.77. The maximum Gasteiger partial charge on any atom is 0.306 e. The second-order valence-electron chi connectivity index (χ2n) is 3.59. The van der Waals surface area contributed by atoms with Gasteiger partial charge < -0.3 is 10.2 Å². The average Bonchev–Trinajstić information content (AvgIpc) is 2.03. The van der Waals surface area contributed by atoms with Gasteiger partial charge in [-0.05, 0) is 18.8 Å². The Morgan fingerprint density at radius 1 is 1.15 bits per heavy atom. The van der Waals surface area contributed by atoms with Crippen LogP contribution in [0.4, 0.5) is 0 Å². The summed E-state index contributed by atoms with van der Waals surface area (Å²) in [6.07, 6.45) is 3.24. The molecule has 4 heteroatoms. The van der Waals surface area contributed by atoms with Crippen molar-refractivity contribution in [2.75, 3.05) is 0 Å². The lowest BCUT2D eigenvalue weighted by Crippen LogP contribution is -2.28. The van der Waals surface area contributed by atoms with Gasteiger partial charge in [-0.3, -0.25) is 9.59 Å². The smallest absolute Gasteiger partial charge is 0.306 e. The minimum atomic E-state index is -0.891. The van der Waals surface area contributed by atoms with Crippen molar-refractivity contribution < 1.29 is 19.8 Å². The Morgan fingerprint density at radius 3 is 2.31 bits per heavy atom. The molecule has 1 aliphatic carbocycles. The Bertz CT molecular complexity index is 212. The monoisotopic (exact) mass is 186 g/mol. The van der Waals surface area contributed by atoms with E-state index < -0.39 is 17.9 Å². The van der Waals surface area contributed by atoms with Gasteiger partial charge in [-0.15, -0.1) is 0 Å². The molecule has 4 nitrogen and oxygen atoms in total. The van der Waals surface area contributed by atoms with E-state index in [2.05, 4.69) is 0 Å². The Balaban J connectivity index is 2.56. The van der Waals surface area contributed by atoms with Crippen molar-refractivity contribution in [1.29, 1.82) is 0 Å². The summed E-state index contributed by atoms with van der Waals surface area (Å²) in [5, 5.41) is 17.4. The van der Waals surface area contributed by atoms with Gasteiger partial charge in [-0.2, -0.15) is 0 Å². The molecule has 1 fully saturated rings. The molecule has 13 heavy (non-hydrogen) atoms. The highest BCUT2D eigenvalue weighted by molar-refractivity contribution is 5.73. The molecule has 1 aliphatic rings. The lowest BCUT2D eigenvalue weighted by molar-refractivity contribution is -0.146. The summed E-state index contributed by atoms with van der Waals surface area (Å²) in [5.74, 6) is -2.34. The van der Waals surface area contributed by atoms with Crippen molar-refractivity contribution >= 4 is 11.9 Å². The van der Waals surface area contributed by atoms with Crippen LogP contribution >= 0.6 is 0 Å². The highest BCUT2D eigenvalue weighted by Gasteiger charge is 2.31. The molecule has 0 aliphatic heterocycles. The van der Waals surface area contributed by atoms with Gasteiger partial charge >= 0.3 is 11.9 Å². The fourth-order valence-corrected chi connectivity index (χ4v) is 2.00. The summed E-state index contributed by atoms with van der Waals surface area (Å²) in [6.45, 7) is 0. The fourth-order valence-electron chi connectivity index (χ4n) is 2.00. The van der Waals surface area contributed by atoms with E-state index in [0.717, 1.165) is 19.3 Å². The van der Waals surface area contributed by atoms with Crippen LogP contribution in [0.25, 0.3) is 0 Å². The van der Waals surface area contributed by atoms with Crippen LogP contribution in [0, 0.1) is 11.8 Å². The zero-order valence-corrected chi connectivity index (χ0v) is 7.40. The Morgan fingerprint density at radius 2 is 1.77 bits per heavy atom. The van der Waals surface area contributed by atoms with Crippen LogP contribution in [0.5, 0.6) is 0 Å². The van der Waals surface area contributed by atoms with Crippen molar-refractivity contribution in [2.45, 2.75) is 32.1 Å². The normalized spacial score (nSPS) is 28.3. The molecule has 0 aromatic rings. The number of carboxylic acids is 2. The van der Waals surface area contributed by atoms with E-state index >= 15 is 0 Å². The molecule has 0 saturated heterocycles. The zero-order valence-electron chi connectivity index (χ0n) is 7.40. The molecule has 0 bridgehead atoms. The quantitative estimate of drug-likeness (QED) is 0.697. The van der Waals surface area contributed by atoms with Gasteiger partial charge in [-0.1, -0.05) is 12.8 Å². The molecule has 2 atom stereocenters. The molecule has 2 N–H and O–H groups in total. The van der Waals surface area contributed by atoms with Crippen molar-refractivity contribution in [1.82, 2.24) is 0 Å². The molecular formula is C9H14O4. The number of carbonyl (C=O) groups is 2. The fraction of sp³-hybridized carbons (Fsp3) is 0.778. The van der Waals surface area contributed by atoms with E-state index in [4.69, 9.17) is 10.2 Å². The molecule has 1 saturated carbocycles. The lowest BCUT2D eigenvalue weighted by Gasteiger charge is -2.26. The van der Waals surface area contributed by atoms with Crippen LogP contribution in [-0.4, -0.2) is 22.2 Å². The Labute approximate surface area is 76.6 Å². The first-order chi connectivity index (χ1) is 6.11. The first-order valence-electron chi connectivity index (χ1n) is 4.56. The maximum absolute atomic E-state index is 10.8. The summed E-state index contributed by atoms with van der Waals surface area (Å²) in [4.78, 5) is 21.2. The van der Waals surface area contributed by atoms with Crippen molar-refractivity contribution in [3.05, 3.63) is 0 Å². The third-order valence-corrected chi connectivity index (χ3v) is 2.66. The second kappa shape index (κ2) is 4.25. The van der Waals surface area contributed by atoms with E-state index in [-0.39, 0.29) is 12.3 Å². The van der Waals surface area contributed by atoms with E-state index in [1.54, 1.807) is 0 Å². The number of hydrogen-bond acceptors (Lipinski definition) is 2. The number of aliphatic carboxylic acids is 2. The second-order valence-corrected chi connectivity index (χ2v) is 3.59. The minimum absolute atomic E-state index is 0.00301. The Kier molecular flexibility index (Phi) is 3.28. The van der Waals surface area contributed by atoms with E-state index in [0.29, 0.717) is 6.42 Å². The van der Waals surface area contributed by atoms with Crippen molar-refractivity contribution in [3.63, 3.8) is 0 Å². The van der Waals surface area contributed by atoms with E-state index in [9.17, 15) is 9.59 Å². The van der Waals surface area contributed by atoms with Gasteiger partial charge in [-0.25, -0.2) is 0 Å². The first kappa shape index (κ1) is 10.0. The molecule has 0 heterocycles. The van der Waals surface area contributed by atoms with Gasteiger partial charge in [0.1, 0.15) is 0 Å². The molecule has 0 aromatic heterocycles. The molecule has 0 unspecified atom stereocenters. The van der Waals surface area contributed by atoms with Gasteiger partial charge in [0.2, 0.25) is 0 Å². The largest absolute Gasteiger partial charge is 0.481 e. The number of rotatable bonds is 3. The third kappa shape index (κ3) is 2.72. The van der Waals surface area contributed by atoms with Crippen LogP contribution in [-0.2, 0) is 9.59 Å². The van der Waals surface area contributed by atoms with Crippen LogP contribution in [0.15, 0.2) is 0 Å². The third-order valence-electron chi connectivity index (χ3n) is 2.66. The van der Waals surface area contributed by atoms with Gasteiger partial charge in [0, 0.05) is 6.42 Å². The van der Waals surface area contributed by atoms with Gasteiger partial charge in [0.05, 0.1) is 5.92 Å². The molecular weight excluding hydrogens is 172 g/mol. The van der Waals surface area contributed by atoms with Crippen molar-refractivity contribution in [2.24, 2.45) is 11.8 Å². The van der Waals surface area contributed by atoms with Gasteiger partial charge in [0.15, 0.2) is 0 Å². The maximum atomic E-state index is 10.8. The summed E-state index contributed by atoms with van der Waals surface area (Å²) in [6, 6.07) is 0. The van der Waals surface area contributed by atoms with Crippen LogP contribution in [0.3, 0.4) is 0 Å². The SMILES string of the molecule is O=C(O)C[C@@H]1CCCC[C@@H]1C(=O)O. The van der Waals surface area contributed by atoms with Crippen LogP contribution in [0.1, 0.15) is 32.1 Å². The minimum Gasteiger partial charge on any atom is -0.481 e. The molecule has 74 valence electrons. The Hall–Kier alpha value is -1.06. The highest BCUT2D eigenvalue weighted by Crippen LogP contribution is 2.32. The topological polar surface area (TPSA) is 74.6 Å². The molecule has 0 radical (unpaired) electrons. The number of hydrogen-bond donors (Lipinski definition) is 2. The zero-order chi connectivity index (χ0) is 9.84. The summed E-state index contributed by atoms with van der Waals surface area (Å²) >= 11 is 0. The molecule has 0 spiro atoms.